The summed E-state index contributed by atoms with van der Waals surface area (Å²) in [6, 6.07) is 0. The smallest absolute Gasteiger partial charge is 0.370 e. The van der Waals surface area contributed by atoms with E-state index in [4.69, 9.17) is 5.73 Å². The van der Waals surface area contributed by atoms with Gasteiger partial charge < -0.3 is 5.73 Å². The van der Waals surface area contributed by atoms with Crippen LogP contribution in [0.5, 0.6) is 0 Å². The minimum atomic E-state index is -3.66. The average molecular weight is 512 g/mol. The van der Waals surface area contributed by atoms with Gasteiger partial charge in [-0.2, -0.15) is 8.42 Å². The number of nitrogens with one attached hydrogen (secondary N) is 1. The molecule has 0 rings (SSSR count). The number of hydrazine groups is 1. The molecule has 9 heteroatoms. The maximum absolute atomic E-state index is 10.6. The van der Waals surface area contributed by atoms with Crippen LogP contribution in [0.4, 0.5) is 0 Å². The SMILES string of the molecule is CCCCCCCCCCCCCCCCCC(N)=O.CCCNN(C)C.COS(=O)(=O)OC. The molecule has 0 aromatic carbocycles. The summed E-state index contributed by atoms with van der Waals surface area (Å²) in [7, 11) is 2.39. The number of nitrogens with two attached hydrogens (primary N) is 1. The van der Waals surface area contributed by atoms with Gasteiger partial charge in [0.15, 0.2) is 0 Å². The summed E-state index contributed by atoms with van der Waals surface area (Å²) in [6.45, 7) is 5.50. The lowest BCUT2D eigenvalue weighted by molar-refractivity contribution is -0.118. The highest BCUT2D eigenvalue weighted by atomic mass is 32.3. The number of hydrogen-bond donors (Lipinski definition) is 2. The van der Waals surface area contributed by atoms with Crippen molar-refractivity contribution in [1.29, 1.82) is 0 Å². The van der Waals surface area contributed by atoms with Crippen LogP contribution in [0.15, 0.2) is 0 Å². The van der Waals surface area contributed by atoms with Crippen molar-refractivity contribution in [2.45, 2.75) is 123 Å². The Labute approximate surface area is 212 Å². The van der Waals surface area contributed by atoms with Crippen LogP contribution in [0.25, 0.3) is 0 Å². The van der Waals surface area contributed by atoms with E-state index in [0.717, 1.165) is 27.2 Å². The normalized spacial score (nSPS) is 10.9. The van der Waals surface area contributed by atoms with Gasteiger partial charge in [-0.1, -0.05) is 104 Å². The van der Waals surface area contributed by atoms with E-state index in [1.807, 2.05) is 19.1 Å². The van der Waals surface area contributed by atoms with Crippen molar-refractivity contribution in [2.24, 2.45) is 5.73 Å². The fourth-order valence-corrected chi connectivity index (χ4v) is 3.21. The Morgan fingerprint density at radius 3 is 1.26 bits per heavy atom. The molecule has 0 aliphatic rings. The molecule has 0 bridgehead atoms. The molecule has 3 N–H and O–H groups in total. The third-order valence-electron chi connectivity index (χ3n) is 5.11. The highest BCUT2D eigenvalue weighted by molar-refractivity contribution is 7.81. The van der Waals surface area contributed by atoms with E-state index in [9.17, 15) is 13.2 Å². The van der Waals surface area contributed by atoms with Gasteiger partial charge in [-0.25, -0.2) is 0 Å². The molecule has 0 radical (unpaired) electrons. The number of hydrogen-bond acceptors (Lipinski definition) is 7. The molecule has 0 saturated heterocycles. The number of rotatable bonds is 21. The van der Waals surface area contributed by atoms with Gasteiger partial charge in [-0.15, -0.1) is 0 Å². The monoisotopic (exact) mass is 511 g/mol. The molecule has 34 heavy (non-hydrogen) atoms. The van der Waals surface area contributed by atoms with Crippen molar-refractivity contribution in [3.8, 4) is 0 Å². The van der Waals surface area contributed by atoms with Crippen molar-refractivity contribution in [3.05, 3.63) is 0 Å². The zero-order valence-electron chi connectivity index (χ0n) is 23.2. The second-order valence-electron chi connectivity index (χ2n) is 8.71. The van der Waals surface area contributed by atoms with Gasteiger partial charge in [0.1, 0.15) is 0 Å². The Kier molecular flexibility index (Phi) is 33.7. The predicted octanol–water partition coefficient (Wildman–Crippen LogP) is 5.72. The second kappa shape index (κ2) is 30.3. The molecule has 0 saturated carbocycles. The first-order chi connectivity index (χ1) is 16.2. The molecule has 0 atom stereocenters. The third-order valence-corrected chi connectivity index (χ3v) is 5.93. The molecule has 0 aliphatic heterocycles. The number of nitrogens with zero attached hydrogens (tertiary/aromatic N) is 1. The van der Waals surface area contributed by atoms with Gasteiger partial charge in [0, 0.05) is 27.1 Å². The molecule has 0 fully saturated rings. The van der Waals surface area contributed by atoms with Gasteiger partial charge in [0.25, 0.3) is 0 Å². The zero-order valence-corrected chi connectivity index (χ0v) is 24.0. The Hall–Kier alpha value is -0.740. The minimum Gasteiger partial charge on any atom is -0.370 e. The number of carbonyl (C=O) groups is 1. The van der Waals surface area contributed by atoms with E-state index in [1.54, 1.807) is 0 Å². The van der Waals surface area contributed by atoms with Crippen LogP contribution in [-0.4, -0.2) is 54.2 Å². The van der Waals surface area contributed by atoms with Crippen LogP contribution in [0.2, 0.25) is 0 Å². The van der Waals surface area contributed by atoms with E-state index in [0.29, 0.717) is 6.42 Å². The molecule has 0 aromatic rings. The summed E-state index contributed by atoms with van der Waals surface area (Å²) in [5, 5.41) is 1.96. The van der Waals surface area contributed by atoms with Gasteiger partial charge >= 0.3 is 10.4 Å². The first kappa shape index (κ1) is 37.8. The van der Waals surface area contributed by atoms with Crippen LogP contribution in [0, 0.1) is 0 Å². The highest BCUT2D eigenvalue weighted by Gasteiger charge is 2.01. The van der Waals surface area contributed by atoms with E-state index in [-0.39, 0.29) is 5.91 Å². The fraction of sp³-hybridized carbons (Fsp3) is 0.960. The topological polar surface area (TPSA) is 111 Å². The minimum absolute atomic E-state index is 0.153. The number of primary amides is 1. The summed E-state index contributed by atoms with van der Waals surface area (Å²) in [4.78, 5) is 10.6. The van der Waals surface area contributed by atoms with E-state index in [1.165, 1.54) is 96.3 Å². The quantitative estimate of drug-likeness (QED) is 0.150. The van der Waals surface area contributed by atoms with Crippen molar-refractivity contribution in [3.63, 3.8) is 0 Å². The molecule has 208 valence electrons. The van der Waals surface area contributed by atoms with Crippen LogP contribution in [0.3, 0.4) is 0 Å². The van der Waals surface area contributed by atoms with Crippen molar-refractivity contribution in [2.75, 3.05) is 34.9 Å². The van der Waals surface area contributed by atoms with Crippen LogP contribution in [-0.2, 0) is 23.6 Å². The van der Waals surface area contributed by atoms with E-state index < -0.39 is 10.4 Å². The van der Waals surface area contributed by atoms with Crippen LogP contribution >= 0.6 is 0 Å². The van der Waals surface area contributed by atoms with Gasteiger partial charge in [-0.05, 0) is 12.8 Å². The largest absolute Gasteiger partial charge is 0.399 e. The van der Waals surface area contributed by atoms with Crippen molar-refractivity contribution < 1.29 is 21.6 Å². The third kappa shape index (κ3) is 41.5. The Balaban J connectivity index is -0.000000558. The maximum atomic E-state index is 10.6. The second-order valence-corrected chi connectivity index (χ2v) is 10.2. The summed E-state index contributed by atoms with van der Waals surface area (Å²) < 4.78 is 27.5. The lowest BCUT2D eigenvalue weighted by atomic mass is 10.0. The molecule has 0 aliphatic carbocycles. The molecule has 8 nitrogen and oxygen atoms in total. The lowest BCUT2D eigenvalue weighted by Crippen LogP contribution is -2.30. The maximum Gasteiger partial charge on any atom is 0.399 e. The van der Waals surface area contributed by atoms with Gasteiger partial charge in [-0.3, -0.25) is 23.6 Å². The van der Waals surface area contributed by atoms with Crippen LogP contribution < -0.4 is 11.2 Å². The number of carbonyl (C=O) groups excluding carboxylic acids is 1. The van der Waals surface area contributed by atoms with Gasteiger partial charge in [0.05, 0.1) is 14.2 Å². The average Bonchev–Trinajstić information content (AvgIpc) is 2.80. The summed E-state index contributed by atoms with van der Waals surface area (Å²) >= 11 is 0. The molecule has 0 heterocycles. The number of unbranched alkanes of at least 4 members (excludes halogenated alkanes) is 14. The molecule has 0 unspecified atom stereocenters. The molecule has 0 aromatic heterocycles. The highest BCUT2D eigenvalue weighted by Crippen LogP contribution is 2.13. The van der Waals surface area contributed by atoms with Crippen molar-refractivity contribution >= 4 is 16.3 Å². The molecule has 1 amide bonds. The molecular weight excluding hydrogens is 454 g/mol. The summed E-state index contributed by atoms with van der Waals surface area (Å²) in [5.41, 5.74) is 8.24. The van der Waals surface area contributed by atoms with Gasteiger partial charge in [0.2, 0.25) is 5.91 Å². The first-order valence-electron chi connectivity index (χ1n) is 13.2. The van der Waals surface area contributed by atoms with E-state index >= 15 is 0 Å². The lowest BCUT2D eigenvalue weighted by Gasteiger charge is -2.08. The molecular formula is C25H57N3O5S. The van der Waals surface area contributed by atoms with E-state index in [2.05, 4.69) is 27.6 Å². The Morgan fingerprint density at radius 1 is 0.706 bits per heavy atom. The molecule has 0 spiro atoms. The van der Waals surface area contributed by atoms with Crippen molar-refractivity contribution in [1.82, 2.24) is 10.4 Å². The summed E-state index contributed by atoms with van der Waals surface area (Å²) in [6.07, 6.45) is 22.1. The standard InChI is InChI=1S/C18H37NO.C5H14N2.C2H6O4S/c1-2-3-4-5-6-7-8-9-10-11-12-13-14-15-16-17-18(19)20;1-4-5-6-7(2)3;1-5-7(3,4)6-2/h2-17H2,1H3,(H2,19,20);6H,4-5H2,1-3H3;1-2H3. The van der Waals surface area contributed by atoms with Crippen LogP contribution in [0.1, 0.15) is 123 Å². The summed E-state index contributed by atoms with van der Waals surface area (Å²) in [5.74, 6) is -0.153. The Morgan fingerprint density at radius 2 is 1.06 bits per heavy atom. The first-order valence-corrected chi connectivity index (χ1v) is 14.5. The zero-order chi connectivity index (χ0) is 26.5. The predicted molar refractivity (Wildman–Crippen MR) is 144 cm³/mol. The Bertz CT molecular complexity index is 493. The fourth-order valence-electron chi connectivity index (χ4n) is 3.07. The number of amides is 1.